The molecule has 0 aliphatic heterocycles. The standard InChI is InChI=1S/C17H20N4/c1-3-18-9-4-5-17-7-6-15(12-19-17)16-11-14(2)8-10-20-21-13-16/h6-8,10-13,18,20-21H,3,9H2,1-2H3. The SMILES string of the molecule is CCNCC#Cc1ccc(-c2c[nH][nH]ccc(C)c2)cn1. The molecular weight excluding hydrogens is 260 g/mol. The monoisotopic (exact) mass is 280 g/mol. The van der Waals surface area contributed by atoms with E-state index in [1.165, 1.54) is 5.56 Å². The van der Waals surface area contributed by atoms with Gasteiger partial charge >= 0.3 is 0 Å². The lowest BCUT2D eigenvalue weighted by Crippen LogP contribution is -2.11. The van der Waals surface area contributed by atoms with Gasteiger partial charge in [0.05, 0.1) is 6.54 Å². The minimum atomic E-state index is 0.689. The zero-order chi connectivity index (χ0) is 14.9. The average molecular weight is 280 g/mol. The predicted molar refractivity (Wildman–Crippen MR) is 86.2 cm³/mol. The molecule has 108 valence electrons. The van der Waals surface area contributed by atoms with Crippen molar-refractivity contribution in [2.75, 3.05) is 13.1 Å². The van der Waals surface area contributed by atoms with Crippen LogP contribution in [-0.4, -0.2) is 28.3 Å². The largest absolute Gasteiger partial charge is 0.309 e. The second-order valence-electron chi connectivity index (χ2n) is 4.62. The summed E-state index contributed by atoms with van der Waals surface area (Å²) in [6.45, 7) is 5.74. The van der Waals surface area contributed by atoms with Gasteiger partial charge in [-0.1, -0.05) is 12.8 Å². The first-order valence-corrected chi connectivity index (χ1v) is 7.01. The molecule has 0 saturated heterocycles. The molecule has 4 heteroatoms. The number of hydrogen-bond acceptors (Lipinski definition) is 2. The van der Waals surface area contributed by atoms with Crippen molar-refractivity contribution < 1.29 is 0 Å². The summed E-state index contributed by atoms with van der Waals surface area (Å²) in [4.78, 5) is 4.39. The van der Waals surface area contributed by atoms with E-state index in [1.54, 1.807) is 0 Å². The van der Waals surface area contributed by atoms with Crippen LogP contribution in [0, 0.1) is 18.8 Å². The Bertz CT molecular complexity index is 667. The van der Waals surface area contributed by atoms with E-state index >= 15 is 0 Å². The van der Waals surface area contributed by atoms with E-state index in [4.69, 9.17) is 0 Å². The number of H-pyrrole nitrogens is 2. The highest BCUT2D eigenvalue weighted by Crippen LogP contribution is 2.17. The number of aromatic nitrogens is 3. The Hall–Kier alpha value is -2.51. The first kappa shape index (κ1) is 14.9. The maximum absolute atomic E-state index is 4.39. The fourth-order valence-corrected chi connectivity index (χ4v) is 1.80. The van der Waals surface area contributed by atoms with Gasteiger partial charge in [0, 0.05) is 29.7 Å². The lowest BCUT2D eigenvalue weighted by atomic mass is 10.1. The van der Waals surface area contributed by atoms with Crippen molar-refractivity contribution in [3.63, 3.8) is 0 Å². The number of nitrogens with zero attached hydrogens (tertiary/aromatic N) is 1. The van der Waals surface area contributed by atoms with E-state index in [1.807, 2.05) is 36.8 Å². The van der Waals surface area contributed by atoms with Gasteiger partial charge in [0.1, 0.15) is 5.69 Å². The third-order valence-corrected chi connectivity index (χ3v) is 2.90. The minimum absolute atomic E-state index is 0.689. The molecule has 0 saturated carbocycles. The van der Waals surface area contributed by atoms with Crippen LogP contribution in [0.1, 0.15) is 18.2 Å². The van der Waals surface area contributed by atoms with Gasteiger partial charge in [-0.2, -0.15) is 0 Å². The van der Waals surface area contributed by atoms with Crippen LogP contribution in [0.25, 0.3) is 11.1 Å². The molecule has 2 rings (SSSR count). The number of aromatic amines is 2. The number of hydrogen-bond donors (Lipinski definition) is 3. The molecule has 21 heavy (non-hydrogen) atoms. The highest BCUT2D eigenvalue weighted by molar-refractivity contribution is 5.61. The molecule has 2 aromatic rings. The van der Waals surface area contributed by atoms with Gasteiger partial charge in [-0.15, -0.1) is 0 Å². The van der Waals surface area contributed by atoms with Crippen LogP contribution in [0.15, 0.2) is 42.9 Å². The Labute approximate surface area is 125 Å². The number of rotatable bonds is 3. The Morgan fingerprint density at radius 3 is 2.86 bits per heavy atom. The van der Waals surface area contributed by atoms with Crippen molar-refractivity contribution in [3.05, 3.63) is 54.1 Å². The molecule has 0 fully saturated rings. The number of pyridine rings is 1. The molecule has 0 aromatic carbocycles. The van der Waals surface area contributed by atoms with E-state index in [9.17, 15) is 0 Å². The quantitative estimate of drug-likeness (QED) is 0.598. The Balaban J connectivity index is 2.21. The molecule has 0 amide bonds. The zero-order valence-electron chi connectivity index (χ0n) is 12.4. The summed E-state index contributed by atoms with van der Waals surface area (Å²) in [5.74, 6) is 6.09. The maximum atomic E-state index is 4.39. The highest BCUT2D eigenvalue weighted by atomic mass is 15.1. The summed E-state index contributed by atoms with van der Waals surface area (Å²) in [5, 5.41) is 9.14. The molecule has 0 radical (unpaired) electrons. The van der Waals surface area contributed by atoms with Gasteiger partial charge in [-0.25, -0.2) is 4.98 Å². The molecular formula is C17H20N4. The van der Waals surface area contributed by atoms with Gasteiger partial charge in [0.2, 0.25) is 0 Å². The summed E-state index contributed by atoms with van der Waals surface area (Å²) in [6, 6.07) is 8.10. The Morgan fingerprint density at radius 2 is 2.10 bits per heavy atom. The number of aryl methyl sites for hydroxylation is 1. The molecule has 0 atom stereocenters. The van der Waals surface area contributed by atoms with Crippen molar-refractivity contribution in [2.45, 2.75) is 13.8 Å². The van der Waals surface area contributed by atoms with Crippen molar-refractivity contribution in [3.8, 4) is 23.0 Å². The lowest BCUT2D eigenvalue weighted by molar-refractivity contribution is 0.811. The molecule has 2 heterocycles. The second-order valence-corrected chi connectivity index (χ2v) is 4.62. The van der Waals surface area contributed by atoms with E-state index in [0.717, 1.165) is 23.4 Å². The third kappa shape index (κ3) is 4.83. The Morgan fingerprint density at radius 1 is 1.19 bits per heavy atom. The molecule has 3 N–H and O–H groups in total. The van der Waals surface area contributed by atoms with Crippen LogP contribution in [0.3, 0.4) is 0 Å². The molecule has 0 aliphatic carbocycles. The highest BCUT2D eigenvalue weighted by Gasteiger charge is 1.97. The fraction of sp³-hybridized carbons (Fsp3) is 0.235. The average Bonchev–Trinajstić information content (AvgIpc) is 2.48. The van der Waals surface area contributed by atoms with Gasteiger partial charge in [0.15, 0.2) is 0 Å². The Kier molecular flexibility index (Phi) is 5.62. The second kappa shape index (κ2) is 7.93. The van der Waals surface area contributed by atoms with Crippen LogP contribution < -0.4 is 5.32 Å². The van der Waals surface area contributed by atoms with Crippen LogP contribution >= 0.6 is 0 Å². The minimum Gasteiger partial charge on any atom is -0.309 e. The van der Waals surface area contributed by atoms with Crippen LogP contribution in [0.5, 0.6) is 0 Å². The maximum Gasteiger partial charge on any atom is 0.113 e. The van der Waals surface area contributed by atoms with E-state index < -0.39 is 0 Å². The van der Waals surface area contributed by atoms with E-state index in [0.29, 0.717) is 6.54 Å². The van der Waals surface area contributed by atoms with Gasteiger partial charge in [-0.05, 0) is 49.2 Å². The summed E-state index contributed by atoms with van der Waals surface area (Å²) in [5.41, 5.74) is 4.08. The van der Waals surface area contributed by atoms with Crippen LogP contribution in [0.2, 0.25) is 0 Å². The van der Waals surface area contributed by atoms with E-state index in [2.05, 4.69) is 52.3 Å². The fourth-order valence-electron chi connectivity index (χ4n) is 1.80. The summed E-state index contributed by atoms with van der Waals surface area (Å²) >= 11 is 0. The molecule has 0 spiro atoms. The van der Waals surface area contributed by atoms with Crippen LogP contribution in [0.4, 0.5) is 0 Å². The smallest absolute Gasteiger partial charge is 0.113 e. The summed E-state index contributed by atoms with van der Waals surface area (Å²) in [7, 11) is 0. The summed E-state index contributed by atoms with van der Waals surface area (Å²) < 4.78 is 0. The lowest BCUT2D eigenvalue weighted by Gasteiger charge is -2.01. The van der Waals surface area contributed by atoms with Gasteiger partial charge < -0.3 is 15.5 Å². The zero-order valence-corrected chi connectivity index (χ0v) is 12.4. The molecule has 0 bridgehead atoms. The molecule has 0 unspecified atom stereocenters. The first-order chi connectivity index (χ1) is 10.3. The predicted octanol–water partition coefficient (Wildman–Crippen LogP) is 2.80. The van der Waals surface area contributed by atoms with E-state index in [-0.39, 0.29) is 0 Å². The molecule has 4 nitrogen and oxygen atoms in total. The molecule has 2 aromatic heterocycles. The van der Waals surface area contributed by atoms with Crippen molar-refractivity contribution in [1.82, 2.24) is 20.5 Å². The molecule has 0 aliphatic rings. The van der Waals surface area contributed by atoms with Crippen molar-refractivity contribution >= 4 is 0 Å². The van der Waals surface area contributed by atoms with Crippen molar-refractivity contribution in [2.24, 2.45) is 0 Å². The number of nitrogens with one attached hydrogen (secondary N) is 3. The first-order valence-electron chi connectivity index (χ1n) is 7.01. The summed E-state index contributed by atoms with van der Waals surface area (Å²) in [6.07, 6.45) is 5.63. The topological polar surface area (TPSA) is 56.5 Å². The van der Waals surface area contributed by atoms with Gasteiger partial charge in [-0.3, -0.25) is 0 Å². The van der Waals surface area contributed by atoms with Gasteiger partial charge in [0.25, 0.3) is 0 Å². The third-order valence-electron chi connectivity index (χ3n) is 2.90. The van der Waals surface area contributed by atoms with Crippen LogP contribution in [-0.2, 0) is 0 Å². The van der Waals surface area contributed by atoms with Crippen molar-refractivity contribution in [1.29, 1.82) is 0 Å². The normalized spacial score (nSPS) is 9.62.